The molecule has 0 aliphatic rings. The van der Waals surface area contributed by atoms with Gasteiger partial charge in [0.25, 0.3) is 0 Å². The number of ketones is 1. The number of allylic oxidation sites excluding steroid dienone is 1. The Hall–Kier alpha value is -2.37. The molecule has 3 nitrogen and oxygen atoms in total. The van der Waals surface area contributed by atoms with Gasteiger partial charge in [0, 0.05) is 21.7 Å². The Morgan fingerprint density at radius 3 is 2.42 bits per heavy atom. The molecule has 3 rings (SSSR count). The van der Waals surface area contributed by atoms with Crippen LogP contribution < -0.4 is 5.43 Å². The quantitative estimate of drug-likeness (QED) is 0.413. The van der Waals surface area contributed by atoms with E-state index < -0.39 is 0 Å². The second kappa shape index (κ2) is 7.03. The molecule has 2 aromatic carbocycles. The Balaban J connectivity index is 2.07. The topological polar surface area (TPSA) is 54.4 Å². The van der Waals surface area contributed by atoms with Crippen LogP contribution in [0.15, 0.2) is 74.6 Å². The lowest BCUT2D eigenvalue weighted by Crippen LogP contribution is -2.01. The molecule has 1 heterocycles. The molecule has 0 aliphatic carbocycles. The molecule has 0 bridgehead atoms. The van der Waals surface area contributed by atoms with Gasteiger partial charge in [-0.2, -0.15) is 0 Å². The van der Waals surface area contributed by atoms with Gasteiger partial charge >= 0.3 is 0 Å². The maximum absolute atomic E-state index is 12.2. The van der Waals surface area contributed by atoms with Crippen LogP contribution in [-0.4, -0.2) is 10.9 Å². The van der Waals surface area contributed by atoms with E-state index in [1.165, 1.54) is 24.3 Å². The van der Waals surface area contributed by atoms with Crippen molar-refractivity contribution in [1.82, 2.24) is 0 Å². The van der Waals surface area contributed by atoms with Gasteiger partial charge in [-0.05, 0) is 19.1 Å². The zero-order valence-electron chi connectivity index (χ0n) is 12.9. The first kappa shape index (κ1) is 16.5. The first-order chi connectivity index (χ1) is 11.6. The number of benzene rings is 2. The Morgan fingerprint density at radius 1 is 1.04 bits per heavy atom. The minimum absolute atomic E-state index is 0.0686. The summed E-state index contributed by atoms with van der Waals surface area (Å²) >= 11 is 2.55. The van der Waals surface area contributed by atoms with Gasteiger partial charge in [0.05, 0.1) is 9.11 Å². The fourth-order valence-electron chi connectivity index (χ4n) is 2.25. The number of carbonyl (C=O) groups is 1. The van der Waals surface area contributed by atoms with Gasteiger partial charge in [-0.15, -0.1) is 11.3 Å². The van der Waals surface area contributed by atoms with E-state index in [0.29, 0.717) is 15.2 Å². The molecule has 0 unspecified atom stereocenters. The zero-order valence-corrected chi connectivity index (χ0v) is 14.5. The predicted octanol–water partition coefficient (Wildman–Crippen LogP) is 4.87. The molecule has 0 spiro atoms. The van der Waals surface area contributed by atoms with E-state index in [1.54, 1.807) is 30.3 Å². The van der Waals surface area contributed by atoms with Crippen LogP contribution in [0.25, 0.3) is 15.8 Å². The number of fused-ring (bicyclic) bond motifs is 1. The average molecular weight is 354 g/mol. The van der Waals surface area contributed by atoms with E-state index in [0.717, 1.165) is 16.5 Å². The van der Waals surface area contributed by atoms with Gasteiger partial charge in [0.2, 0.25) is 0 Å². The van der Waals surface area contributed by atoms with E-state index in [-0.39, 0.29) is 21.9 Å². The highest BCUT2D eigenvalue weighted by molar-refractivity contribution is 8.05. The third kappa shape index (κ3) is 3.42. The average Bonchev–Trinajstić information content (AvgIpc) is 2.60. The number of aliphatic hydroxyl groups is 1. The van der Waals surface area contributed by atoms with Gasteiger partial charge in [-0.25, -0.2) is 0 Å². The summed E-state index contributed by atoms with van der Waals surface area (Å²) in [7, 11) is 0. The summed E-state index contributed by atoms with van der Waals surface area (Å²) in [6.07, 6.45) is 0. The first-order valence-corrected chi connectivity index (χ1v) is 8.90. The van der Waals surface area contributed by atoms with Crippen molar-refractivity contribution in [3.63, 3.8) is 0 Å². The summed E-state index contributed by atoms with van der Waals surface area (Å²) in [5.74, 6) is -0.310. The summed E-state index contributed by atoms with van der Waals surface area (Å²) in [6, 6.07) is 17.8. The van der Waals surface area contributed by atoms with Crippen molar-refractivity contribution < 1.29 is 9.90 Å². The van der Waals surface area contributed by atoms with Crippen LogP contribution in [0.2, 0.25) is 0 Å². The van der Waals surface area contributed by atoms with E-state index in [9.17, 15) is 14.7 Å². The molecule has 3 aromatic rings. The van der Waals surface area contributed by atoms with Gasteiger partial charge in [-0.1, -0.05) is 54.2 Å². The summed E-state index contributed by atoms with van der Waals surface area (Å²) in [5, 5.41) is 11.1. The number of Topliss-reactive ketones (excluding diaryl/α,β-unsaturated/α-hetero) is 1. The zero-order chi connectivity index (χ0) is 17.1. The van der Waals surface area contributed by atoms with Gasteiger partial charge in [0.1, 0.15) is 5.76 Å². The maximum Gasteiger partial charge on any atom is 0.189 e. The van der Waals surface area contributed by atoms with Crippen molar-refractivity contribution in [3.05, 3.63) is 81.4 Å². The molecular formula is C19H14O3S2. The van der Waals surface area contributed by atoms with Crippen molar-refractivity contribution in [2.45, 2.75) is 11.1 Å². The van der Waals surface area contributed by atoms with Crippen LogP contribution in [-0.2, 0) is 4.79 Å². The third-order valence-electron chi connectivity index (χ3n) is 3.40. The molecule has 0 aliphatic heterocycles. The fraction of sp³-hybridized carbons (Fsp3) is 0.0526. The minimum atomic E-state index is -0.242. The standard InChI is InChI=1S/C19H14O3S2/c1-12(20)19(18(22)13-7-3-2-4-8-13)24-17-11-15(21)14-9-5-6-10-16(14)23-17/h2-11,22H,1H3/b19-18-. The van der Waals surface area contributed by atoms with Crippen LogP contribution >= 0.6 is 23.1 Å². The van der Waals surface area contributed by atoms with E-state index >= 15 is 0 Å². The maximum atomic E-state index is 12.2. The third-order valence-corrected chi connectivity index (χ3v) is 5.80. The number of hydrogen-bond acceptors (Lipinski definition) is 5. The largest absolute Gasteiger partial charge is 0.506 e. The van der Waals surface area contributed by atoms with Gasteiger partial charge in [0.15, 0.2) is 11.2 Å². The number of hydrogen-bond donors (Lipinski definition) is 1. The monoisotopic (exact) mass is 354 g/mol. The molecule has 1 N–H and O–H groups in total. The van der Waals surface area contributed by atoms with Gasteiger partial charge < -0.3 is 5.11 Å². The van der Waals surface area contributed by atoms with Crippen LogP contribution in [0, 0.1) is 0 Å². The Bertz CT molecular complexity index is 988. The predicted molar refractivity (Wildman–Crippen MR) is 101 cm³/mol. The Kier molecular flexibility index (Phi) is 4.83. The molecule has 0 radical (unpaired) electrons. The Labute approximate surface area is 147 Å². The van der Waals surface area contributed by atoms with Crippen LogP contribution in [0.5, 0.6) is 0 Å². The normalized spacial score (nSPS) is 12.0. The molecule has 0 amide bonds. The highest BCUT2D eigenvalue weighted by Gasteiger charge is 2.16. The smallest absolute Gasteiger partial charge is 0.189 e. The minimum Gasteiger partial charge on any atom is -0.506 e. The molecule has 0 fully saturated rings. The highest BCUT2D eigenvalue weighted by atomic mass is 32.2. The molecule has 0 saturated carbocycles. The van der Waals surface area contributed by atoms with Crippen LogP contribution in [0.1, 0.15) is 12.5 Å². The number of thioether (sulfide) groups is 1. The number of carbonyl (C=O) groups excluding carboxylic acids is 1. The molecular weight excluding hydrogens is 340 g/mol. The highest BCUT2D eigenvalue weighted by Crippen LogP contribution is 2.36. The van der Waals surface area contributed by atoms with Crippen molar-refractivity contribution in [3.8, 4) is 0 Å². The summed E-state index contributed by atoms with van der Waals surface area (Å²) < 4.78 is 1.53. The lowest BCUT2D eigenvalue weighted by molar-refractivity contribution is -0.112. The molecule has 1 aromatic heterocycles. The summed E-state index contributed by atoms with van der Waals surface area (Å²) in [6.45, 7) is 1.41. The Morgan fingerprint density at radius 2 is 1.71 bits per heavy atom. The first-order valence-electron chi connectivity index (χ1n) is 7.26. The van der Waals surface area contributed by atoms with Crippen LogP contribution in [0.3, 0.4) is 0 Å². The van der Waals surface area contributed by atoms with E-state index in [4.69, 9.17) is 0 Å². The van der Waals surface area contributed by atoms with Crippen molar-refractivity contribution in [1.29, 1.82) is 0 Å². The summed E-state index contributed by atoms with van der Waals surface area (Å²) in [5.41, 5.74) is 0.484. The van der Waals surface area contributed by atoms with Crippen LogP contribution in [0.4, 0.5) is 0 Å². The molecule has 120 valence electrons. The van der Waals surface area contributed by atoms with Crippen molar-refractivity contribution in [2.75, 3.05) is 0 Å². The molecule has 24 heavy (non-hydrogen) atoms. The number of aliphatic hydroxyl groups excluding tert-OH is 1. The van der Waals surface area contributed by atoms with Gasteiger partial charge in [-0.3, -0.25) is 9.59 Å². The fourth-order valence-corrected chi connectivity index (χ4v) is 4.47. The molecule has 0 atom stereocenters. The second-order valence-corrected chi connectivity index (χ2v) is 7.52. The second-order valence-electron chi connectivity index (χ2n) is 5.13. The lowest BCUT2D eigenvalue weighted by atomic mass is 10.1. The van der Waals surface area contributed by atoms with E-state index in [1.807, 2.05) is 24.3 Å². The number of rotatable bonds is 4. The molecule has 0 saturated heterocycles. The molecule has 5 heteroatoms. The lowest BCUT2D eigenvalue weighted by Gasteiger charge is -2.08. The van der Waals surface area contributed by atoms with E-state index in [2.05, 4.69) is 0 Å². The summed E-state index contributed by atoms with van der Waals surface area (Å²) in [4.78, 5) is 24.4. The SMILES string of the molecule is CC(=O)/C(Sc1cc(=O)c2ccccc2s1)=C(/O)c1ccccc1. The van der Waals surface area contributed by atoms with Crippen molar-refractivity contribution in [2.24, 2.45) is 0 Å². The van der Waals surface area contributed by atoms with Crippen molar-refractivity contribution >= 4 is 44.7 Å².